The fourth-order valence-electron chi connectivity index (χ4n) is 3.81. The fraction of sp³-hybridized carbons (Fsp3) is 0.409. The van der Waals surface area contributed by atoms with Crippen molar-refractivity contribution in [1.29, 1.82) is 0 Å². The first-order valence-corrected chi connectivity index (χ1v) is 11.6. The van der Waals surface area contributed by atoms with Gasteiger partial charge in [0, 0.05) is 39.8 Å². The van der Waals surface area contributed by atoms with Crippen molar-refractivity contribution in [3.63, 3.8) is 0 Å². The molecule has 2 aromatic carbocycles. The Balaban J connectivity index is 1.65. The molecule has 10 heteroatoms. The lowest BCUT2D eigenvalue weighted by molar-refractivity contribution is -0.140. The molecule has 6 nitrogen and oxygen atoms in total. The Morgan fingerprint density at radius 3 is 2.16 bits per heavy atom. The van der Waals surface area contributed by atoms with Gasteiger partial charge < -0.3 is 4.90 Å². The zero-order chi connectivity index (χ0) is 23.5. The number of likely N-dealkylation sites (N-methyl/N-ethyl adjacent to an activating group) is 1. The van der Waals surface area contributed by atoms with E-state index in [1.165, 1.54) is 12.1 Å². The van der Waals surface area contributed by atoms with Crippen LogP contribution in [-0.4, -0.2) is 67.7 Å². The molecule has 0 aromatic heterocycles. The van der Waals surface area contributed by atoms with Gasteiger partial charge in [0.05, 0.1) is 16.5 Å². The molecular weight excluding hydrogens is 443 g/mol. The third-order valence-electron chi connectivity index (χ3n) is 5.63. The number of sulfonamides is 1. The van der Waals surface area contributed by atoms with Crippen LogP contribution in [0, 0.1) is 0 Å². The van der Waals surface area contributed by atoms with Crippen LogP contribution in [0.25, 0.3) is 0 Å². The zero-order valence-electron chi connectivity index (χ0n) is 17.9. The van der Waals surface area contributed by atoms with E-state index < -0.39 is 32.7 Å². The summed E-state index contributed by atoms with van der Waals surface area (Å²) in [5, 5.41) is 0. The van der Waals surface area contributed by atoms with Gasteiger partial charge in [-0.2, -0.15) is 17.5 Å². The van der Waals surface area contributed by atoms with Crippen molar-refractivity contribution in [3.05, 3.63) is 65.7 Å². The third kappa shape index (κ3) is 5.31. The monoisotopic (exact) mass is 469 g/mol. The standard InChI is InChI=1S/C22H26F3N3O3S/c1-17(21(29)26(2)16-18-8-4-3-5-9-18)27-12-14-28(15-13-27)32(30,31)20-11-7-6-10-19(20)22(23,24)25/h3-11,17H,12-16H2,1-2H3/t17-/m0/s1. The number of nitrogens with zero attached hydrogens (tertiary/aromatic N) is 3. The van der Waals surface area contributed by atoms with Crippen molar-refractivity contribution >= 4 is 15.9 Å². The Morgan fingerprint density at radius 1 is 1.00 bits per heavy atom. The van der Waals surface area contributed by atoms with Gasteiger partial charge in [-0.1, -0.05) is 42.5 Å². The predicted octanol–water partition coefficient (Wildman–Crippen LogP) is 3.06. The summed E-state index contributed by atoms with van der Waals surface area (Å²) in [6, 6.07) is 13.3. The van der Waals surface area contributed by atoms with Crippen molar-refractivity contribution < 1.29 is 26.4 Å². The highest BCUT2D eigenvalue weighted by Gasteiger charge is 2.40. The van der Waals surface area contributed by atoms with Gasteiger partial charge in [0.1, 0.15) is 0 Å². The second-order valence-corrected chi connectivity index (χ2v) is 9.70. The highest BCUT2D eigenvalue weighted by molar-refractivity contribution is 7.89. The molecule has 0 aliphatic carbocycles. The normalized spacial score (nSPS) is 17.2. The Labute approximate surface area is 186 Å². The molecule has 1 heterocycles. The molecule has 1 atom stereocenters. The summed E-state index contributed by atoms with van der Waals surface area (Å²) in [4.78, 5) is 15.6. The molecule has 0 spiro atoms. The lowest BCUT2D eigenvalue weighted by Crippen LogP contribution is -2.55. The molecule has 0 N–H and O–H groups in total. The van der Waals surface area contributed by atoms with Gasteiger partial charge in [0.2, 0.25) is 15.9 Å². The molecule has 0 radical (unpaired) electrons. The van der Waals surface area contributed by atoms with E-state index in [1.54, 1.807) is 18.9 Å². The molecule has 1 fully saturated rings. The maximum Gasteiger partial charge on any atom is 0.417 e. The predicted molar refractivity (Wildman–Crippen MR) is 114 cm³/mol. The van der Waals surface area contributed by atoms with E-state index in [0.717, 1.165) is 22.0 Å². The van der Waals surface area contributed by atoms with Crippen LogP contribution in [-0.2, 0) is 27.5 Å². The zero-order valence-corrected chi connectivity index (χ0v) is 18.7. The van der Waals surface area contributed by atoms with Crippen molar-refractivity contribution in [2.24, 2.45) is 0 Å². The van der Waals surface area contributed by atoms with Crippen molar-refractivity contribution in [2.75, 3.05) is 33.2 Å². The average molecular weight is 470 g/mol. The van der Waals surface area contributed by atoms with E-state index >= 15 is 0 Å². The van der Waals surface area contributed by atoms with Crippen LogP contribution in [0.1, 0.15) is 18.1 Å². The number of hydrogen-bond donors (Lipinski definition) is 0. The molecule has 1 aliphatic rings. The summed E-state index contributed by atoms with van der Waals surface area (Å²) in [6.07, 6.45) is -4.77. The maximum atomic E-state index is 13.3. The van der Waals surface area contributed by atoms with E-state index in [4.69, 9.17) is 0 Å². The first kappa shape index (κ1) is 24.2. The van der Waals surface area contributed by atoms with Crippen molar-refractivity contribution in [1.82, 2.24) is 14.1 Å². The summed E-state index contributed by atoms with van der Waals surface area (Å²) in [5.41, 5.74) is -0.177. The minimum absolute atomic E-state index is 0.00848. The molecule has 1 aliphatic heterocycles. The van der Waals surface area contributed by atoms with Gasteiger partial charge in [0.25, 0.3) is 0 Å². The maximum absolute atomic E-state index is 13.3. The fourth-order valence-corrected chi connectivity index (χ4v) is 5.44. The number of halogens is 3. The number of hydrogen-bond acceptors (Lipinski definition) is 4. The number of piperazine rings is 1. The molecule has 0 saturated carbocycles. The molecule has 2 aromatic rings. The van der Waals surface area contributed by atoms with E-state index in [9.17, 15) is 26.4 Å². The number of alkyl halides is 3. The van der Waals surface area contributed by atoms with Crippen LogP contribution in [0.3, 0.4) is 0 Å². The molecule has 32 heavy (non-hydrogen) atoms. The second-order valence-electron chi connectivity index (χ2n) is 7.79. The average Bonchev–Trinajstić information content (AvgIpc) is 2.78. The number of benzene rings is 2. The second kappa shape index (κ2) is 9.60. The topological polar surface area (TPSA) is 60.9 Å². The quantitative estimate of drug-likeness (QED) is 0.653. The van der Waals surface area contributed by atoms with E-state index in [1.807, 2.05) is 35.2 Å². The van der Waals surface area contributed by atoms with Gasteiger partial charge in [-0.25, -0.2) is 8.42 Å². The number of amides is 1. The van der Waals surface area contributed by atoms with Crippen LogP contribution in [0.4, 0.5) is 13.2 Å². The smallest absolute Gasteiger partial charge is 0.340 e. The van der Waals surface area contributed by atoms with Crippen LogP contribution in [0.2, 0.25) is 0 Å². The highest BCUT2D eigenvalue weighted by Crippen LogP contribution is 2.35. The van der Waals surface area contributed by atoms with Crippen LogP contribution < -0.4 is 0 Å². The molecule has 0 unspecified atom stereocenters. The van der Waals surface area contributed by atoms with Crippen LogP contribution in [0.5, 0.6) is 0 Å². The Bertz CT molecular complexity index is 1040. The summed E-state index contributed by atoms with van der Waals surface area (Å²) in [6.45, 7) is 2.72. The number of carbonyl (C=O) groups excluding carboxylic acids is 1. The summed E-state index contributed by atoms with van der Waals surface area (Å²) in [5.74, 6) is -0.104. The minimum Gasteiger partial charge on any atom is -0.340 e. The van der Waals surface area contributed by atoms with Gasteiger partial charge >= 0.3 is 6.18 Å². The summed E-state index contributed by atoms with van der Waals surface area (Å²) >= 11 is 0. The lowest BCUT2D eigenvalue weighted by Gasteiger charge is -2.38. The SMILES string of the molecule is C[C@@H](C(=O)N(C)Cc1ccccc1)N1CCN(S(=O)(=O)c2ccccc2C(F)(F)F)CC1. The number of carbonyl (C=O) groups is 1. The van der Waals surface area contributed by atoms with Crippen molar-refractivity contribution in [2.45, 2.75) is 30.6 Å². The molecular formula is C22H26F3N3O3S. The van der Waals surface area contributed by atoms with Gasteiger partial charge in [-0.3, -0.25) is 9.69 Å². The van der Waals surface area contributed by atoms with Gasteiger partial charge in [-0.05, 0) is 24.6 Å². The first-order valence-electron chi connectivity index (χ1n) is 10.2. The van der Waals surface area contributed by atoms with E-state index in [2.05, 4.69) is 0 Å². The molecule has 3 rings (SSSR count). The van der Waals surface area contributed by atoms with Crippen LogP contribution in [0.15, 0.2) is 59.5 Å². The summed E-state index contributed by atoms with van der Waals surface area (Å²) < 4.78 is 66.8. The Morgan fingerprint density at radius 2 is 1.56 bits per heavy atom. The largest absolute Gasteiger partial charge is 0.417 e. The summed E-state index contributed by atoms with van der Waals surface area (Å²) in [7, 11) is -2.60. The third-order valence-corrected chi connectivity index (χ3v) is 7.58. The highest BCUT2D eigenvalue weighted by atomic mass is 32.2. The molecule has 1 saturated heterocycles. The van der Waals surface area contributed by atoms with Gasteiger partial charge in [0.15, 0.2) is 0 Å². The molecule has 0 bridgehead atoms. The number of rotatable bonds is 6. The van der Waals surface area contributed by atoms with Crippen molar-refractivity contribution in [3.8, 4) is 0 Å². The Hall–Kier alpha value is -2.43. The van der Waals surface area contributed by atoms with Gasteiger partial charge in [-0.15, -0.1) is 0 Å². The van der Waals surface area contributed by atoms with Crippen LogP contribution >= 0.6 is 0 Å². The minimum atomic E-state index is -4.77. The molecule has 1 amide bonds. The first-order chi connectivity index (χ1) is 15.0. The van der Waals surface area contributed by atoms with E-state index in [-0.39, 0.29) is 32.1 Å². The molecule has 174 valence electrons. The van der Waals surface area contributed by atoms with E-state index in [0.29, 0.717) is 6.54 Å². The lowest BCUT2D eigenvalue weighted by atomic mass is 10.2. The Kier molecular flexibility index (Phi) is 7.26.